The molecule has 0 aliphatic carbocycles. The van der Waals surface area contributed by atoms with Crippen LogP contribution in [0.15, 0.2) is 47.4 Å². The number of benzene rings is 2. The number of halogens is 2. The zero-order chi connectivity index (χ0) is 25.5. The molecule has 0 saturated carbocycles. The van der Waals surface area contributed by atoms with Crippen LogP contribution in [-0.2, 0) is 14.8 Å². The second-order valence-electron chi connectivity index (χ2n) is 9.94. The molecule has 1 unspecified atom stereocenters. The summed E-state index contributed by atoms with van der Waals surface area (Å²) >= 11 is 6.23. The van der Waals surface area contributed by atoms with Crippen LogP contribution in [0.3, 0.4) is 0 Å². The van der Waals surface area contributed by atoms with Gasteiger partial charge in [-0.25, -0.2) is 12.8 Å². The highest BCUT2D eigenvalue weighted by molar-refractivity contribution is 7.93. The van der Waals surface area contributed by atoms with Gasteiger partial charge >= 0.3 is 0 Å². The Bertz CT molecular complexity index is 1310. The molecule has 1 fully saturated rings. The van der Waals surface area contributed by atoms with E-state index in [1.165, 1.54) is 28.6 Å². The van der Waals surface area contributed by atoms with Gasteiger partial charge in [0.05, 0.1) is 22.2 Å². The highest BCUT2D eigenvalue weighted by Crippen LogP contribution is 2.42. The molecular weight excluding hydrogens is 491 g/mol. The minimum absolute atomic E-state index is 0.0407. The first-order valence-corrected chi connectivity index (χ1v) is 13.4. The van der Waals surface area contributed by atoms with Gasteiger partial charge in [-0.15, -0.1) is 10.2 Å². The molecular formula is C25H30ClFN4O3S. The summed E-state index contributed by atoms with van der Waals surface area (Å²) in [6.45, 7) is 10.5. The van der Waals surface area contributed by atoms with Crippen LogP contribution >= 0.6 is 11.6 Å². The fraction of sp³-hybridized carbons (Fsp3) is 0.440. The zero-order valence-corrected chi connectivity index (χ0v) is 22.1. The van der Waals surface area contributed by atoms with Crippen molar-refractivity contribution in [2.45, 2.75) is 63.4 Å². The van der Waals surface area contributed by atoms with Crippen LogP contribution in [-0.4, -0.2) is 41.9 Å². The average molecular weight is 521 g/mol. The molecule has 1 aliphatic rings. The van der Waals surface area contributed by atoms with Crippen LogP contribution in [0, 0.1) is 5.82 Å². The molecule has 1 saturated heterocycles. The lowest BCUT2D eigenvalue weighted by molar-refractivity contribution is 0.192. The molecule has 1 aromatic heterocycles. The lowest BCUT2D eigenvalue weighted by Gasteiger charge is -2.37. The van der Waals surface area contributed by atoms with Gasteiger partial charge in [0.1, 0.15) is 11.6 Å². The van der Waals surface area contributed by atoms with Gasteiger partial charge in [-0.2, -0.15) is 0 Å². The Hall–Kier alpha value is -2.49. The first-order chi connectivity index (χ1) is 16.4. The molecule has 2 aromatic carbocycles. The molecule has 10 heteroatoms. The molecule has 0 spiro atoms. The van der Waals surface area contributed by atoms with Crippen LogP contribution in [0.2, 0.25) is 5.02 Å². The minimum Gasteiger partial charge on any atom is -0.381 e. The molecule has 0 N–H and O–H groups in total. The van der Waals surface area contributed by atoms with E-state index < -0.39 is 21.4 Å². The van der Waals surface area contributed by atoms with E-state index in [4.69, 9.17) is 16.3 Å². The lowest BCUT2D eigenvalue weighted by atomic mass is 10.0. The Kier molecular flexibility index (Phi) is 6.96. The third kappa shape index (κ3) is 4.81. The molecule has 35 heavy (non-hydrogen) atoms. The van der Waals surface area contributed by atoms with Gasteiger partial charge in [-0.3, -0.25) is 4.31 Å². The number of anilines is 1. The summed E-state index contributed by atoms with van der Waals surface area (Å²) in [5.41, 5.74) is -0.405. The van der Waals surface area contributed by atoms with Gasteiger partial charge < -0.3 is 9.30 Å². The number of ether oxygens (including phenoxy) is 1. The molecule has 188 valence electrons. The maximum atomic E-state index is 14.9. The van der Waals surface area contributed by atoms with Crippen molar-refractivity contribution in [3.8, 4) is 11.4 Å². The highest BCUT2D eigenvalue weighted by Gasteiger charge is 2.38. The Morgan fingerprint density at radius 2 is 1.86 bits per heavy atom. The summed E-state index contributed by atoms with van der Waals surface area (Å²) < 4.78 is 51.5. The predicted molar refractivity (Wildman–Crippen MR) is 135 cm³/mol. The third-order valence-corrected chi connectivity index (χ3v) is 8.31. The Balaban J connectivity index is 1.99. The van der Waals surface area contributed by atoms with E-state index in [1.807, 2.05) is 18.4 Å². The van der Waals surface area contributed by atoms with Gasteiger partial charge in [0.25, 0.3) is 10.0 Å². The Labute approximate surface area is 210 Å². The van der Waals surface area contributed by atoms with E-state index >= 15 is 0 Å². The second kappa shape index (κ2) is 9.52. The summed E-state index contributed by atoms with van der Waals surface area (Å²) in [6, 6.07) is 10.7. The largest absolute Gasteiger partial charge is 0.381 e. The van der Waals surface area contributed by atoms with Crippen molar-refractivity contribution in [1.82, 2.24) is 14.8 Å². The van der Waals surface area contributed by atoms with Gasteiger partial charge in [0, 0.05) is 35.7 Å². The van der Waals surface area contributed by atoms with E-state index in [0.29, 0.717) is 24.6 Å². The number of hydrogen-bond donors (Lipinski definition) is 0. The summed E-state index contributed by atoms with van der Waals surface area (Å²) in [5.74, 6) is 0.538. The molecule has 1 atom stereocenters. The van der Waals surface area contributed by atoms with Crippen molar-refractivity contribution < 1.29 is 17.5 Å². The van der Waals surface area contributed by atoms with E-state index in [9.17, 15) is 12.8 Å². The van der Waals surface area contributed by atoms with Crippen LogP contribution in [0.4, 0.5) is 10.1 Å². The lowest BCUT2D eigenvalue weighted by Crippen LogP contribution is -2.46. The standard InChI is InChI=1S/C25H30ClFN4O3S/c1-16(2)30-23(17-11-12-34-15-17)28-29-24(30)19-13-20(26)21(27)14-22(19)31(25(3,4)5)35(32,33)18-9-7-6-8-10-18/h6-10,13-14,16-17H,11-12,15H2,1-5H3. The van der Waals surface area contributed by atoms with E-state index in [1.54, 1.807) is 39.0 Å². The Morgan fingerprint density at radius 1 is 1.17 bits per heavy atom. The number of hydrogen-bond acceptors (Lipinski definition) is 5. The van der Waals surface area contributed by atoms with Crippen LogP contribution in [0.1, 0.15) is 58.8 Å². The van der Waals surface area contributed by atoms with Crippen LogP contribution < -0.4 is 4.31 Å². The van der Waals surface area contributed by atoms with E-state index in [0.717, 1.165) is 12.2 Å². The van der Waals surface area contributed by atoms with Crippen molar-refractivity contribution in [1.29, 1.82) is 0 Å². The van der Waals surface area contributed by atoms with Crippen molar-refractivity contribution in [3.63, 3.8) is 0 Å². The van der Waals surface area contributed by atoms with Crippen molar-refractivity contribution in [2.24, 2.45) is 0 Å². The van der Waals surface area contributed by atoms with Crippen molar-refractivity contribution >= 4 is 27.3 Å². The number of nitrogens with zero attached hydrogens (tertiary/aromatic N) is 4. The SMILES string of the molecule is CC(C)n1c(-c2cc(Cl)c(F)cc2N(C(C)(C)C)S(=O)(=O)c2ccccc2)nnc1C1CCOC1. The summed E-state index contributed by atoms with van der Waals surface area (Å²) in [5, 5.41) is 8.79. The van der Waals surface area contributed by atoms with Gasteiger partial charge in [-0.1, -0.05) is 29.8 Å². The summed E-state index contributed by atoms with van der Waals surface area (Å²) in [7, 11) is -4.07. The van der Waals surface area contributed by atoms with Crippen LogP contribution in [0.5, 0.6) is 0 Å². The van der Waals surface area contributed by atoms with Crippen molar-refractivity contribution in [2.75, 3.05) is 17.5 Å². The van der Waals surface area contributed by atoms with Crippen molar-refractivity contribution in [3.05, 3.63) is 59.1 Å². The molecule has 1 aliphatic heterocycles. The normalized spacial score (nSPS) is 16.7. The monoisotopic (exact) mass is 520 g/mol. The molecule has 2 heterocycles. The van der Waals surface area contributed by atoms with Gasteiger partial charge in [0.2, 0.25) is 0 Å². The second-order valence-corrected chi connectivity index (χ2v) is 12.1. The minimum atomic E-state index is -4.07. The molecule has 0 amide bonds. The van der Waals surface area contributed by atoms with E-state index in [-0.39, 0.29) is 27.6 Å². The molecule has 0 bridgehead atoms. The van der Waals surface area contributed by atoms with Crippen LogP contribution in [0.25, 0.3) is 11.4 Å². The van der Waals surface area contributed by atoms with Gasteiger partial charge in [0.15, 0.2) is 5.82 Å². The fourth-order valence-electron chi connectivity index (χ4n) is 4.45. The molecule has 4 rings (SSSR count). The first kappa shape index (κ1) is 25.6. The number of rotatable bonds is 6. The Morgan fingerprint density at radius 3 is 2.43 bits per heavy atom. The third-order valence-electron chi connectivity index (χ3n) is 5.92. The van der Waals surface area contributed by atoms with E-state index in [2.05, 4.69) is 10.2 Å². The first-order valence-electron chi connectivity index (χ1n) is 11.6. The average Bonchev–Trinajstić information content (AvgIpc) is 3.45. The van der Waals surface area contributed by atoms with Gasteiger partial charge in [-0.05, 0) is 59.2 Å². The number of sulfonamides is 1. The molecule has 7 nitrogen and oxygen atoms in total. The maximum absolute atomic E-state index is 14.9. The summed E-state index contributed by atoms with van der Waals surface area (Å²) in [4.78, 5) is 0.102. The maximum Gasteiger partial charge on any atom is 0.264 e. The molecule has 3 aromatic rings. The summed E-state index contributed by atoms with van der Waals surface area (Å²) in [6.07, 6.45) is 0.818. The highest BCUT2D eigenvalue weighted by atomic mass is 35.5. The zero-order valence-electron chi connectivity index (χ0n) is 20.5. The fourth-order valence-corrected chi connectivity index (χ4v) is 6.45. The smallest absolute Gasteiger partial charge is 0.264 e. The quantitative estimate of drug-likeness (QED) is 0.409. The topological polar surface area (TPSA) is 77.3 Å². The molecule has 0 radical (unpaired) electrons. The number of aromatic nitrogens is 3. The predicted octanol–water partition coefficient (Wildman–Crippen LogP) is 5.82.